The molecule has 1 unspecified atom stereocenters. The number of aromatic nitrogens is 5. The number of nitrogens with zero attached hydrogens (tertiary/aromatic N) is 5. The molecule has 3 aromatic rings. The number of aryl methyl sites for hydroxylation is 2. The minimum absolute atomic E-state index is 0.149. The summed E-state index contributed by atoms with van der Waals surface area (Å²) in [5.41, 5.74) is 1.07. The number of hydrogen-bond donors (Lipinski definition) is 1. The fourth-order valence-electron chi connectivity index (χ4n) is 2.46. The van der Waals surface area contributed by atoms with Crippen molar-refractivity contribution in [3.8, 4) is 5.75 Å². The number of para-hydroxylation sites is 1. The zero-order valence-corrected chi connectivity index (χ0v) is 17.8. The van der Waals surface area contributed by atoms with E-state index in [0.717, 1.165) is 22.1 Å². The topological polar surface area (TPSA) is 94.8 Å². The fraction of sp³-hybridized carbons (Fsp3) is 0.389. The lowest BCUT2D eigenvalue weighted by Crippen LogP contribution is -2.23. The number of nitrogens with one attached hydrogen (secondary N) is 1. The first-order chi connectivity index (χ1) is 13.5. The first kappa shape index (κ1) is 20.3. The number of carbonyl (C=O) groups excluding carboxylic acids is 1. The molecule has 28 heavy (non-hydrogen) atoms. The molecule has 0 aliphatic rings. The van der Waals surface area contributed by atoms with E-state index in [4.69, 9.17) is 4.74 Å². The number of anilines is 1. The van der Waals surface area contributed by atoms with E-state index >= 15 is 0 Å². The van der Waals surface area contributed by atoms with Crippen molar-refractivity contribution in [1.29, 1.82) is 0 Å². The van der Waals surface area contributed by atoms with E-state index in [1.165, 1.54) is 23.1 Å². The SMILES string of the molecule is CCn1c(COc2ccccc2C)nnc1SC(C)C(=O)Nc1nnc(C)s1. The molecule has 1 atom stereocenters. The standard InChI is InChI=1S/C18H22N6O2S2/c1-5-24-15(10-26-14-9-7-6-8-11(14)2)21-23-18(24)27-12(3)16(25)19-17-22-20-13(4)28-17/h6-9,12H,5,10H2,1-4H3,(H,19,22,25). The highest BCUT2D eigenvalue weighted by Crippen LogP contribution is 2.25. The molecule has 1 aromatic carbocycles. The average molecular weight is 419 g/mol. The Morgan fingerprint density at radius 1 is 1.25 bits per heavy atom. The van der Waals surface area contributed by atoms with Crippen molar-refractivity contribution < 1.29 is 9.53 Å². The molecule has 10 heteroatoms. The van der Waals surface area contributed by atoms with Gasteiger partial charge in [0.15, 0.2) is 11.0 Å². The lowest BCUT2D eigenvalue weighted by Gasteiger charge is -2.12. The summed E-state index contributed by atoms with van der Waals surface area (Å²) < 4.78 is 7.85. The average Bonchev–Trinajstić information content (AvgIpc) is 3.26. The zero-order chi connectivity index (χ0) is 20.1. The van der Waals surface area contributed by atoms with Gasteiger partial charge in [0.1, 0.15) is 17.4 Å². The molecule has 0 aliphatic carbocycles. The summed E-state index contributed by atoms with van der Waals surface area (Å²) in [7, 11) is 0. The van der Waals surface area contributed by atoms with Crippen molar-refractivity contribution in [3.05, 3.63) is 40.7 Å². The summed E-state index contributed by atoms with van der Waals surface area (Å²) in [6, 6.07) is 7.84. The predicted molar refractivity (Wildman–Crippen MR) is 110 cm³/mol. The molecule has 0 radical (unpaired) electrons. The van der Waals surface area contributed by atoms with Gasteiger partial charge in [0, 0.05) is 6.54 Å². The minimum Gasteiger partial charge on any atom is -0.485 e. The van der Waals surface area contributed by atoms with E-state index in [0.29, 0.717) is 23.4 Å². The normalized spacial score (nSPS) is 12.0. The predicted octanol–water partition coefficient (Wildman–Crippen LogP) is 3.46. The van der Waals surface area contributed by atoms with Crippen LogP contribution in [-0.4, -0.2) is 36.1 Å². The molecule has 0 saturated heterocycles. The number of ether oxygens (including phenoxy) is 1. The largest absolute Gasteiger partial charge is 0.485 e. The third-order valence-electron chi connectivity index (χ3n) is 3.97. The van der Waals surface area contributed by atoms with Gasteiger partial charge in [-0.25, -0.2) is 0 Å². The molecule has 0 fully saturated rings. The number of amides is 1. The van der Waals surface area contributed by atoms with Crippen LogP contribution in [0.4, 0.5) is 5.13 Å². The Kier molecular flexibility index (Phi) is 6.63. The molecule has 1 amide bonds. The molecule has 148 valence electrons. The van der Waals surface area contributed by atoms with Crippen LogP contribution < -0.4 is 10.1 Å². The van der Waals surface area contributed by atoms with Gasteiger partial charge in [-0.05, 0) is 39.3 Å². The van der Waals surface area contributed by atoms with E-state index in [1.54, 1.807) is 0 Å². The number of carbonyl (C=O) groups is 1. The minimum atomic E-state index is -0.358. The van der Waals surface area contributed by atoms with Crippen LogP contribution in [0.15, 0.2) is 29.4 Å². The second-order valence-electron chi connectivity index (χ2n) is 6.07. The third kappa shape index (κ3) is 4.87. The summed E-state index contributed by atoms with van der Waals surface area (Å²) >= 11 is 2.70. The molecule has 8 nitrogen and oxygen atoms in total. The quantitative estimate of drug-likeness (QED) is 0.560. The Balaban J connectivity index is 1.64. The molecule has 0 saturated carbocycles. The van der Waals surface area contributed by atoms with Gasteiger partial charge in [-0.1, -0.05) is 41.3 Å². The van der Waals surface area contributed by atoms with Crippen LogP contribution in [0, 0.1) is 13.8 Å². The molecular weight excluding hydrogens is 396 g/mol. The number of thioether (sulfide) groups is 1. The highest BCUT2D eigenvalue weighted by Gasteiger charge is 2.21. The third-order valence-corrected chi connectivity index (χ3v) is 5.80. The highest BCUT2D eigenvalue weighted by atomic mass is 32.2. The van der Waals surface area contributed by atoms with Crippen LogP contribution in [0.1, 0.15) is 30.2 Å². The molecule has 0 spiro atoms. The van der Waals surface area contributed by atoms with E-state index in [1.807, 2.05) is 56.5 Å². The fourth-order valence-corrected chi connectivity index (χ4v) is 3.98. The molecule has 3 rings (SSSR count). The Morgan fingerprint density at radius 2 is 2.04 bits per heavy atom. The summed E-state index contributed by atoms with van der Waals surface area (Å²) in [5.74, 6) is 1.40. The van der Waals surface area contributed by atoms with Gasteiger partial charge >= 0.3 is 0 Å². The van der Waals surface area contributed by atoms with E-state index in [2.05, 4.69) is 25.7 Å². The maximum Gasteiger partial charge on any atom is 0.239 e. The van der Waals surface area contributed by atoms with Crippen LogP contribution in [0.3, 0.4) is 0 Å². The first-order valence-corrected chi connectivity index (χ1v) is 10.6. The second kappa shape index (κ2) is 9.16. The van der Waals surface area contributed by atoms with E-state index < -0.39 is 0 Å². The first-order valence-electron chi connectivity index (χ1n) is 8.86. The zero-order valence-electron chi connectivity index (χ0n) is 16.2. The monoisotopic (exact) mass is 418 g/mol. The Morgan fingerprint density at radius 3 is 2.71 bits per heavy atom. The van der Waals surface area contributed by atoms with Crippen LogP contribution >= 0.6 is 23.1 Å². The number of hydrogen-bond acceptors (Lipinski definition) is 8. The number of benzene rings is 1. The Hall–Kier alpha value is -2.46. The van der Waals surface area contributed by atoms with Crippen LogP contribution in [0.2, 0.25) is 0 Å². The van der Waals surface area contributed by atoms with Crippen molar-refractivity contribution >= 4 is 34.1 Å². The van der Waals surface area contributed by atoms with Crippen molar-refractivity contribution in [2.75, 3.05) is 5.32 Å². The van der Waals surface area contributed by atoms with Gasteiger partial charge in [-0.15, -0.1) is 20.4 Å². The van der Waals surface area contributed by atoms with Crippen molar-refractivity contribution in [1.82, 2.24) is 25.0 Å². The summed E-state index contributed by atoms with van der Waals surface area (Å²) in [4.78, 5) is 12.4. The Labute approximate surface area is 171 Å². The van der Waals surface area contributed by atoms with Gasteiger partial charge in [-0.2, -0.15) is 0 Å². The lowest BCUT2D eigenvalue weighted by atomic mass is 10.2. The smallest absolute Gasteiger partial charge is 0.239 e. The molecule has 2 aromatic heterocycles. The van der Waals surface area contributed by atoms with Gasteiger partial charge in [0.05, 0.1) is 5.25 Å². The molecule has 0 aliphatic heterocycles. The molecule has 0 bridgehead atoms. The molecule has 1 N–H and O–H groups in total. The molecular formula is C18H22N6O2S2. The van der Waals surface area contributed by atoms with Gasteiger partial charge in [-0.3, -0.25) is 10.1 Å². The van der Waals surface area contributed by atoms with Crippen LogP contribution in [0.5, 0.6) is 5.75 Å². The number of rotatable bonds is 8. The van der Waals surface area contributed by atoms with Crippen molar-refractivity contribution in [3.63, 3.8) is 0 Å². The molecule has 2 heterocycles. The van der Waals surface area contributed by atoms with Crippen molar-refractivity contribution in [2.24, 2.45) is 0 Å². The van der Waals surface area contributed by atoms with E-state index in [-0.39, 0.29) is 11.2 Å². The van der Waals surface area contributed by atoms with Gasteiger partial charge < -0.3 is 9.30 Å². The Bertz CT molecular complexity index is 955. The lowest BCUT2D eigenvalue weighted by molar-refractivity contribution is -0.115. The maximum absolute atomic E-state index is 12.4. The van der Waals surface area contributed by atoms with E-state index in [9.17, 15) is 4.79 Å². The van der Waals surface area contributed by atoms with Gasteiger partial charge in [0.2, 0.25) is 11.0 Å². The second-order valence-corrected chi connectivity index (χ2v) is 8.56. The van der Waals surface area contributed by atoms with Crippen LogP contribution in [-0.2, 0) is 17.9 Å². The van der Waals surface area contributed by atoms with Crippen molar-refractivity contribution in [2.45, 2.75) is 51.3 Å². The summed E-state index contributed by atoms with van der Waals surface area (Å²) in [6.07, 6.45) is 0. The van der Waals surface area contributed by atoms with Gasteiger partial charge in [0.25, 0.3) is 0 Å². The van der Waals surface area contributed by atoms with Crippen LogP contribution in [0.25, 0.3) is 0 Å². The summed E-state index contributed by atoms with van der Waals surface area (Å²) in [5, 5.41) is 20.7. The highest BCUT2D eigenvalue weighted by molar-refractivity contribution is 8.00. The summed E-state index contributed by atoms with van der Waals surface area (Å²) in [6.45, 7) is 8.69. The maximum atomic E-state index is 12.4.